The van der Waals surface area contributed by atoms with Crippen LogP contribution in [0.3, 0.4) is 0 Å². The molecule has 0 spiro atoms. The van der Waals surface area contributed by atoms with Crippen molar-refractivity contribution in [3.05, 3.63) is 57.6 Å². The van der Waals surface area contributed by atoms with Gasteiger partial charge in [0, 0.05) is 0 Å². The molecule has 0 aliphatic carbocycles. The van der Waals surface area contributed by atoms with Crippen LogP contribution in [-0.4, -0.2) is 112 Å². The Morgan fingerprint density at radius 2 is 0.667 bits per heavy atom. The first kappa shape index (κ1) is 44.5. The van der Waals surface area contributed by atoms with Gasteiger partial charge in [0.15, 0.2) is 0 Å². The Hall–Kier alpha value is 0.379. The van der Waals surface area contributed by atoms with E-state index in [4.69, 9.17) is 0 Å². The van der Waals surface area contributed by atoms with Crippen molar-refractivity contribution in [1.82, 2.24) is 0 Å². The largest absolute Gasteiger partial charge is 2.00 e. The summed E-state index contributed by atoms with van der Waals surface area (Å²) in [6.07, 6.45) is 0. The zero-order valence-corrected chi connectivity index (χ0v) is 33.3. The molecule has 0 unspecified atom stereocenters. The van der Waals surface area contributed by atoms with Gasteiger partial charge in [-0.3, -0.25) is 0 Å². The van der Waals surface area contributed by atoms with E-state index in [2.05, 4.69) is 0 Å². The molecule has 0 atom stereocenters. The number of hydrogen-bond acceptors (Lipinski definition) is 8. The van der Waals surface area contributed by atoms with Crippen LogP contribution in [0.25, 0.3) is 0 Å². The third kappa shape index (κ3) is 14.2. The molecule has 8 nitrogen and oxygen atoms in total. The van der Waals surface area contributed by atoms with Crippen LogP contribution in [0.15, 0.2) is 24.3 Å². The van der Waals surface area contributed by atoms with Crippen molar-refractivity contribution >= 4 is 95.7 Å². The van der Waals surface area contributed by atoms with Crippen molar-refractivity contribution in [1.29, 1.82) is 0 Å². The smallest absolute Gasteiger partial charge is 0.748 e. The van der Waals surface area contributed by atoms with Crippen LogP contribution in [0.1, 0.15) is 116 Å². The number of benzene rings is 2. The third-order valence-corrected chi connectivity index (χ3v) is 7.63. The van der Waals surface area contributed by atoms with Crippen LogP contribution < -0.4 is 0 Å². The van der Waals surface area contributed by atoms with Crippen molar-refractivity contribution in [3.8, 4) is 11.5 Å². The van der Waals surface area contributed by atoms with Gasteiger partial charge in [-0.15, -0.1) is 0 Å². The fourth-order valence-electron chi connectivity index (χ4n) is 4.25. The molecular formula is C30H46Ca2O8S2+2. The average Bonchev–Trinajstić information content (AvgIpc) is 2.65. The van der Waals surface area contributed by atoms with Crippen LogP contribution in [0.2, 0.25) is 0 Å². The number of phenolic OH excluding ortho intramolecular Hbond substituents is 2. The molecule has 0 radical (unpaired) electrons. The van der Waals surface area contributed by atoms with Gasteiger partial charge >= 0.3 is 75.5 Å². The van der Waals surface area contributed by atoms with E-state index in [1.54, 1.807) is 24.3 Å². The average molecular weight is 679 g/mol. The molecule has 0 bridgehead atoms. The standard InChI is InChI=1S/2C15H24O4S.2Ca/c2*1-14(2,3)11-7-10(9-20(17,18)19)8-12(13(11)16)15(4,5)6;;/h2*7-8,16H,9H2,1-6H3,(H,17,18,19);;/q;;2*+2/p-2. The molecule has 2 aromatic rings. The Kier molecular flexibility index (Phi) is 16.2. The van der Waals surface area contributed by atoms with Crippen LogP contribution in [0.4, 0.5) is 0 Å². The Balaban J connectivity index is 0. The van der Waals surface area contributed by atoms with Crippen LogP contribution in [0.5, 0.6) is 11.5 Å². The summed E-state index contributed by atoms with van der Waals surface area (Å²) in [4.78, 5) is 0. The second-order valence-electron chi connectivity index (χ2n) is 14.5. The summed E-state index contributed by atoms with van der Waals surface area (Å²) < 4.78 is 65.9. The summed E-state index contributed by atoms with van der Waals surface area (Å²) in [5.74, 6) is -0.757. The predicted octanol–water partition coefficient (Wildman–Crippen LogP) is 5.30. The van der Waals surface area contributed by atoms with Crippen molar-refractivity contribution in [2.45, 2.75) is 116 Å². The molecule has 2 N–H and O–H groups in total. The minimum absolute atomic E-state index is 0. The minimum atomic E-state index is -4.35. The van der Waals surface area contributed by atoms with Crippen LogP contribution in [-0.2, 0) is 53.4 Å². The SMILES string of the molecule is CC(C)(C)c1cc(CS(=O)(=O)[O-])cc(C(C)(C)C)c1O.CC(C)(C)c1cc(CS(=O)(=O)[O-])cc(C(C)(C)C)c1O.[Ca+2].[Ca+2]. The second-order valence-corrected chi connectivity index (χ2v) is 17.3. The number of phenols is 2. The quantitative estimate of drug-likeness (QED) is 0.326. The molecule has 0 aliphatic rings. The van der Waals surface area contributed by atoms with Gasteiger partial charge in [-0.05, 0) is 55.0 Å². The second kappa shape index (κ2) is 15.3. The first-order chi connectivity index (χ1) is 17.4. The summed E-state index contributed by atoms with van der Waals surface area (Å²) in [5.41, 5.74) is 2.11. The summed E-state index contributed by atoms with van der Waals surface area (Å²) in [6, 6.07) is 6.44. The Morgan fingerprint density at radius 3 is 0.786 bits per heavy atom. The molecular weight excluding hydrogens is 633 g/mol. The van der Waals surface area contributed by atoms with Gasteiger partial charge in [0.25, 0.3) is 0 Å². The van der Waals surface area contributed by atoms with Gasteiger partial charge in [0.2, 0.25) is 0 Å². The molecule has 0 aliphatic heterocycles. The van der Waals surface area contributed by atoms with Gasteiger partial charge in [0.1, 0.15) is 11.5 Å². The number of rotatable bonds is 4. The topological polar surface area (TPSA) is 155 Å². The molecule has 0 amide bonds. The van der Waals surface area contributed by atoms with Gasteiger partial charge < -0.3 is 19.3 Å². The molecule has 0 fully saturated rings. The first-order valence-corrected chi connectivity index (χ1v) is 16.2. The van der Waals surface area contributed by atoms with E-state index >= 15 is 0 Å². The Bertz CT molecular complexity index is 1260. The predicted molar refractivity (Wildman–Crippen MR) is 169 cm³/mol. The summed E-state index contributed by atoms with van der Waals surface area (Å²) >= 11 is 0. The molecule has 228 valence electrons. The summed E-state index contributed by atoms with van der Waals surface area (Å²) in [6.45, 7) is 23.2. The van der Waals surface area contributed by atoms with Crippen molar-refractivity contribution in [3.63, 3.8) is 0 Å². The van der Waals surface area contributed by atoms with Crippen LogP contribution >= 0.6 is 0 Å². The maximum absolute atomic E-state index is 11.0. The fourth-order valence-corrected chi connectivity index (χ4v) is 5.40. The van der Waals surface area contributed by atoms with E-state index in [0.29, 0.717) is 33.4 Å². The molecule has 0 saturated carbocycles. The number of hydrogen-bond donors (Lipinski definition) is 2. The van der Waals surface area contributed by atoms with E-state index in [-0.39, 0.29) is 109 Å². The van der Waals surface area contributed by atoms with Gasteiger partial charge in [-0.2, -0.15) is 0 Å². The molecule has 2 rings (SSSR count). The molecule has 0 heterocycles. The summed E-state index contributed by atoms with van der Waals surface area (Å²) in [7, 11) is -8.69. The monoisotopic (exact) mass is 678 g/mol. The molecule has 0 saturated heterocycles. The molecule has 42 heavy (non-hydrogen) atoms. The molecule has 0 aromatic heterocycles. The van der Waals surface area contributed by atoms with E-state index in [0.717, 1.165) is 0 Å². The minimum Gasteiger partial charge on any atom is -0.748 e. The van der Waals surface area contributed by atoms with E-state index in [9.17, 15) is 36.2 Å². The maximum atomic E-state index is 11.0. The van der Waals surface area contributed by atoms with E-state index < -0.39 is 31.7 Å². The molecule has 12 heteroatoms. The third-order valence-electron chi connectivity index (χ3n) is 6.26. The van der Waals surface area contributed by atoms with Gasteiger partial charge in [-0.1, -0.05) is 107 Å². The van der Waals surface area contributed by atoms with Gasteiger partial charge in [-0.25, -0.2) is 16.8 Å². The summed E-state index contributed by atoms with van der Waals surface area (Å²) in [5, 5.41) is 20.9. The molecule has 2 aromatic carbocycles. The normalized spacial score (nSPS) is 12.9. The Labute approximate surface area is 313 Å². The van der Waals surface area contributed by atoms with Crippen molar-refractivity contribution in [2.24, 2.45) is 0 Å². The van der Waals surface area contributed by atoms with Crippen molar-refractivity contribution in [2.75, 3.05) is 0 Å². The van der Waals surface area contributed by atoms with Gasteiger partial charge in [0.05, 0.1) is 31.7 Å². The fraction of sp³-hybridized carbons (Fsp3) is 0.600. The van der Waals surface area contributed by atoms with Crippen molar-refractivity contribution < 1.29 is 36.2 Å². The van der Waals surface area contributed by atoms with E-state index in [1.165, 1.54) is 0 Å². The zero-order valence-electron chi connectivity index (χ0n) is 27.3. The zero-order chi connectivity index (χ0) is 31.9. The van der Waals surface area contributed by atoms with E-state index in [1.807, 2.05) is 83.1 Å². The van der Waals surface area contributed by atoms with Crippen LogP contribution in [0, 0.1) is 0 Å². The Morgan fingerprint density at radius 1 is 0.500 bits per heavy atom. The first-order valence-electron chi connectivity index (χ1n) is 13.0. The maximum Gasteiger partial charge on any atom is 2.00 e. The number of aromatic hydroxyl groups is 2.